The largest absolute Gasteiger partial charge is 0.497 e. The lowest BCUT2D eigenvalue weighted by atomic mass is 9.90. The number of rotatable bonds is 3. The molecule has 2 aromatic carbocycles. The average Bonchev–Trinajstić information content (AvgIpc) is 3.13. The fourth-order valence-corrected chi connectivity index (χ4v) is 5.74. The van der Waals surface area contributed by atoms with Crippen LogP contribution in [0.25, 0.3) is 26.3 Å². The van der Waals surface area contributed by atoms with E-state index < -0.39 is 0 Å². The van der Waals surface area contributed by atoms with E-state index >= 15 is 0 Å². The first kappa shape index (κ1) is 17.5. The molecule has 0 saturated heterocycles. The van der Waals surface area contributed by atoms with Crippen molar-refractivity contribution >= 4 is 33.3 Å². The van der Waals surface area contributed by atoms with Gasteiger partial charge in [0.05, 0.1) is 18.2 Å². The Morgan fingerprint density at radius 3 is 2.64 bits per heavy atom. The monoisotopic (exact) mass is 406 g/mol. The highest BCUT2D eigenvalue weighted by Crippen LogP contribution is 2.42. The van der Waals surface area contributed by atoms with E-state index in [4.69, 9.17) is 9.72 Å². The molecule has 1 aliphatic carbocycles. The predicted octanol–water partition coefficient (Wildman–Crippen LogP) is 4.94. The summed E-state index contributed by atoms with van der Waals surface area (Å²) in [6.07, 6.45) is 3.79. The molecular weight excluding hydrogens is 388 g/mol. The second kappa shape index (κ2) is 6.79. The van der Waals surface area contributed by atoms with E-state index in [1.165, 1.54) is 27.8 Å². The van der Waals surface area contributed by atoms with Crippen LogP contribution in [0.4, 0.5) is 0 Å². The number of nitrogens with zero attached hydrogens (tertiary/aromatic N) is 2. The minimum atomic E-state index is 0.0106. The van der Waals surface area contributed by atoms with Gasteiger partial charge in [-0.1, -0.05) is 36.0 Å². The van der Waals surface area contributed by atoms with E-state index in [1.807, 2.05) is 30.5 Å². The van der Waals surface area contributed by atoms with E-state index in [1.54, 1.807) is 23.0 Å². The zero-order chi connectivity index (χ0) is 19.3. The first-order chi connectivity index (χ1) is 13.7. The van der Waals surface area contributed by atoms with Crippen LogP contribution in [0.2, 0.25) is 0 Å². The van der Waals surface area contributed by atoms with Gasteiger partial charge in [-0.3, -0.25) is 9.36 Å². The van der Waals surface area contributed by atoms with Crippen molar-refractivity contribution in [3.8, 4) is 21.9 Å². The van der Waals surface area contributed by atoms with Crippen LogP contribution in [0.3, 0.4) is 0 Å². The van der Waals surface area contributed by atoms with Gasteiger partial charge in [0.1, 0.15) is 10.6 Å². The van der Waals surface area contributed by atoms with E-state index in [2.05, 4.69) is 24.3 Å². The van der Waals surface area contributed by atoms with Crippen molar-refractivity contribution in [3.05, 3.63) is 70.0 Å². The SMILES string of the molecule is COc1ccc(-n2c(SC)nc3sc4c(c3c2=O)CCc2ccccc2-4)cc1. The Bertz CT molecular complexity index is 1260. The van der Waals surface area contributed by atoms with Crippen molar-refractivity contribution in [2.24, 2.45) is 0 Å². The molecule has 0 radical (unpaired) electrons. The summed E-state index contributed by atoms with van der Waals surface area (Å²) in [7, 11) is 1.64. The number of methoxy groups -OCH3 is 1. The van der Waals surface area contributed by atoms with Gasteiger partial charge < -0.3 is 4.74 Å². The van der Waals surface area contributed by atoms with Gasteiger partial charge in [0.25, 0.3) is 5.56 Å². The van der Waals surface area contributed by atoms with Crippen molar-refractivity contribution in [3.63, 3.8) is 0 Å². The standard InChI is InChI=1S/C22H18N2O2S2/c1-26-15-10-8-14(9-11-15)24-21(25)18-17-12-7-13-5-3-4-6-16(13)19(17)28-20(18)23-22(24)27-2/h3-6,8-11H,7,12H2,1-2H3. The Hall–Kier alpha value is -2.57. The average molecular weight is 407 g/mol. The number of fused-ring (bicyclic) bond motifs is 5. The van der Waals surface area contributed by atoms with E-state index in [0.29, 0.717) is 5.16 Å². The number of aryl methyl sites for hydroxylation is 2. The highest BCUT2D eigenvalue weighted by Gasteiger charge is 2.25. The van der Waals surface area contributed by atoms with Crippen molar-refractivity contribution in [2.45, 2.75) is 18.0 Å². The number of hydrogen-bond acceptors (Lipinski definition) is 5. The summed E-state index contributed by atoms with van der Waals surface area (Å²) in [6, 6.07) is 16.0. The summed E-state index contributed by atoms with van der Waals surface area (Å²) in [6.45, 7) is 0. The van der Waals surface area contributed by atoms with Gasteiger partial charge in [-0.05, 0) is 60.1 Å². The Balaban J connectivity index is 1.79. The highest BCUT2D eigenvalue weighted by molar-refractivity contribution is 7.98. The number of hydrogen-bond donors (Lipinski definition) is 0. The van der Waals surface area contributed by atoms with E-state index in [9.17, 15) is 4.79 Å². The molecule has 0 fully saturated rings. The number of thiophene rings is 1. The lowest BCUT2D eigenvalue weighted by molar-refractivity contribution is 0.414. The zero-order valence-electron chi connectivity index (χ0n) is 15.6. The molecule has 0 amide bonds. The Kier molecular flexibility index (Phi) is 4.25. The molecule has 0 N–H and O–H groups in total. The minimum Gasteiger partial charge on any atom is -0.497 e. The van der Waals surface area contributed by atoms with Gasteiger partial charge in [-0.2, -0.15) is 0 Å². The highest BCUT2D eigenvalue weighted by atomic mass is 32.2. The maximum Gasteiger partial charge on any atom is 0.267 e. The summed E-state index contributed by atoms with van der Waals surface area (Å²) in [5.74, 6) is 0.765. The van der Waals surface area contributed by atoms with Crippen molar-refractivity contribution < 1.29 is 4.74 Å². The quantitative estimate of drug-likeness (QED) is 0.357. The van der Waals surface area contributed by atoms with Crippen LogP contribution >= 0.6 is 23.1 Å². The molecule has 5 rings (SSSR count). The van der Waals surface area contributed by atoms with Gasteiger partial charge >= 0.3 is 0 Å². The summed E-state index contributed by atoms with van der Waals surface area (Å²) in [4.78, 5) is 20.5. The first-order valence-electron chi connectivity index (χ1n) is 9.06. The molecule has 0 atom stereocenters. The van der Waals surface area contributed by atoms with Crippen LogP contribution in [0, 0.1) is 0 Å². The summed E-state index contributed by atoms with van der Waals surface area (Å²) in [5.41, 5.74) is 4.55. The molecule has 6 heteroatoms. The van der Waals surface area contributed by atoms with Crippen LogP contribution < -0.4 is 10.3 Å². The van der Waals surface area contributed by atoms with Gasteiger partial charge in [0.15, 0.2) is 5.16 Å². The molecule has 0 saturated carbocycles. The van der Waals surface area contributed by atoms with E-state index in [0.717, 1.165) is 40.1 Å². The molecule has 0 bridgehead atoms. The first-order valence-corrected chi connectivity index (χ1v) is 11.1. The van der Waals surface area contributed by atoms with Crippen LogP contribution in [0.5, 0.6) is 5.75 Å². The summed E-state index contributed by atoms with van der Waals surface area (Å²) in [5, 5.41) is 1.47. The number of benzene rings is 2. The summed E-state index contributed by atoms with van der Waals surface area (Å²) >= 11 is 3.13. The molecule has 4 aromatic rings. The molecular formula is C22H18N2O2S2. The third-order valence-electron chi connectivity index (χ3n) is 5.21. The fraction of sp³-hybridized carbons (Fsp3) is 0.182. The maximum absolute atomic E-state index is 13.6. The minimum absolute atomic E-state index is 0.0106. The third-order valence-corrected chi connectivity index (χ3v) is 7.01. The zero-order valence-corrected chi connectivity index (χ0v) is 17.2. The third kappa shape index (κ3) is 2.59. The molecule has 2 aromatic heterocycles. The Morgan fingerprint density at radius 1 is 1.11 bits per heavy atom. The van der Waals surface area contributed by atoms with Crippen LogP contribution in [-0.4, -0.2) is 22.9 Å². The lowest BCUT2D eigenvalue weighted by Crippen LogP contribution is -2.22. The Labute approximate surface area is 170 Å². The number of thioether (sulfide) groups is 1. The van der Waals surface area contributed by atoms with Gasteiger partial charge in [-0.15, -0.1) is 11.3 Å². The van der Waals surface area contributed by atoms with Crippen molar-refractivity contribution in [1.82, 2.24) is 9.55 Å². The Morgan fingerprint density at radius 2 is 1.89 bits per heavy atom. The number of ether oxygens (including phenoxy) is 1. The molecule has 0 aliphatic heterocycles. The second-order valence-electron chi connectivity index (χ2n) is 6.68. The van der Waals surface area contributed by atoms with Gasteiger partial charge in [0.2, 0.25) is 0 Å². The van der Waals surface area contributed by atoms with Crippen molar-refractivity contribution in [1.29, 1.82) is 0 Å². The molecule has 0 unspecified atom stereocenters. The van der Waals surface area contributed by atoms with Crippen LogP contribution in [0.1, 0.15) is 11.1 Å². The van der Waals surface area contributed by atoms with Crippen LogP contribution in [-0.2, 0) is 12.8 Å². The molecule has 140 valence electrons. The topological polar surface area (TPSA) is 44.1 Å². The molecule has 0 spiro atoms. The second-order valence-corrected chi connectivity index (χ2v) is 8.46. The van der Waals surface area contributed by atoms with Gasteiger partial charge in [0, 0.05) is 4.88 Å². The van der Waals surface area contributed by atoms with Gasteiger partial charge in [-0.25, -0.2) is 4.98 Å². The normalized spacial score (nSPS) is 12.6. The number of aromatic nitrogens is 2. The fourth-order valence-electron chi connectivity index (χ4n) is 3.86. The maximum atomic E-state index is 13.6. The predicted molar refractivity (Wildman–Crippen MR) is 116 cm³/mol. The van der Waals surface area contributed by atoms with Crippen molar-refractivity contribution in [2.75, 3.05) is 13.4 Å². The molecule has 28 heavy (non-hydrogen) atoms. The smallest absolute Gasteiger partial charge is 0.267 e. The lowest BCUT2D eigenvalue weighted by Gasteiger charge is -2.16. The molecule has 2 heterocycles. The van der Waals surface area contributed by atoms with Crippen LogP contribution in [0.15, 0.2) is 58.5 Å². The molecule has 1 aliphatic rings. The summed E-state index contributed by atoms with van der Waals surface area (Å²) < 4.78 is 6.97. The molecule has 4 nitrogen and oxygen atoms in total. The van der Waals surface area contributed by atoms with E-state index in [-0.39, 0.29) is 5.56 Å².